The molecule has 0 bridgehead atoms. The van der Waals surface area contributed by atoms with Gasteiger partial charge in [0.15, 0.2) is 0 Å². The topological polar surface area (TPSA) is 44.8 Å². The molecule has 0 aliphatic carbocycles. The lowest BCUT2D eigenvalue weighted by Gasteiger charge is -2.10. The highest BCUT2D eigenvalue weighted by Gasteiger charge is 2.06. The van der Waals surface area contributed by atoms with Crippen LogP contribution in [-0.4, -0.2) is 13.1 Å². The third-order valence-corrected chi connectivity index (χ3v) is 3.81. The first-order chi connectivity index (χ1) is 12.7. The number of rotatable bonds is 7. The summed E-state index contributed by atoms with van der Waals surface area (Å²) in [5.41, 5.74) is 2.57. The van der Waals surface area contributed by atoms with Crippen LogP contribution < -0.4 is 9.47 Å². The maximum atomic E-state index is 11.6. The Balaban J connectivity index is 1.59. The molecule has 0 atom stereocenters. The largest absolute Gasteiger partial charge is 0.489 e. The summed E-state index contributed by atoms with van der Waals surface area (Å²) in [6.45, 7) is 0.902. The van der Waals surface area contributed by atoms with Crippen molar-refractivity contribution in [2.45, 2.75) is 13.2 Å². The standard InChI is InChI=1S/C22H20O4/c1-24-22(23)19-10-6-12-21(14-19)26-16-18-9-5-11-20(13-18)25-15-17-7-3-2-4-8-17/h2-14H,15-16H2,1H3. The summed E-state index contributed by atoms with van der Waals surface area (Å²) in [4.78, 5) is 11.6. The molecule has 0 radical (unpaired) electrons. The van der Waals surface area contributed by atoms with E-state index in [1.54, 1.807) is 18.2 Å². The molecule has 0 heterocycles. The molecular formula is C22H20O4. The first-order valence-electron chi connectivity index (χ1n) is 8.31. The second kappa shape index (κ2) is 8.72. The number of benzene rings is 3. The van der Waals surface area contributed by atoms with E-state index in [1.807, 2.05) is 60.7 Å². The molecule has 4 nitrogen and oxygen atoms in total. The normalized spacial score (nSPS) is 10.2. The lowest BCUT2D eigenvalue weighted by atomic mass is 10.2. The van der Waals surface area contributed by atoms with Gasteiger partial charge in [0.2, 0.25) is 0 Å². The number of ether oxygens (including phenoxy) is 3. The van der Waals surface area contributed by atoms with Crippen LogP contribution in [0.15, 0.2) is 78.9 Å². The average Bonchev–Trinajstić information content (AvgIpc) is 2.71. The molecule has 0 amide bonds. The zero-order chi connectivity index (χ0) is 18.2. The number of esters is 1. The van der Waals surface area contributed by atoms with Gasteiger partial charge in [-0.3, -0.25) is 0 Å². The van der Waals surface area contributed by atoms with Gasteiger partial charge in [-0.2, -0.15) is 0 Å². The van der Waals surface area contributed by atoms with E-state index in [4.69, 9.17) is 14.2 Å². The number of methoxy groups -OCH3 is 1. The minimum atomic E-state index is -0.383. The van der Waals surface area contributed by atoms with Crippen LogP contribution in [0.4, 0.5) is 0 Å². The second-order valence-corrected chi connectivity index (χ2v) is 5.73. The van der Waals surface area contributed by atoms with E-state index in [9.17, 15) is 4.79 Å². The van der Waals surface area contributed by atoms with Crippen molar-refractivity contribution >= 4 is 5.97 Å². The molecule has 0 saturated carbocycles. The van der Waals surface area contributed by atoms with Crippen molar-refractivity contribution in [1.29, 1.82) is 0 Å². The minimum absolute atomic E-state index is 0.382. The van der Waals surface area contributed by atoms with Gasteiger partial charge in [-0.25, -0.2) is 4.79 Å². The molecule has 4 heteroatoms. The molecule has 0 fully saturated rings. The maximum Gasteiger partial charge on any atom is 0.337 e. The Bertz CT molecular complexity index is 859. The van der Waals surface area contributed by atoms with E-state index in [0.29, 0.717) is 24.5 Å². The van der Waals surface area contributed by atoms with Gasteiger partial charge in [0, 0.05) is 0 Å². The van der Waals surface area contributed by atoms with E-state index in [2.05, 4.69) is 0 Å². The summed E-state index contributed by atoms with van der Waals surface area (Å²) >= 11 is 0. The summed E-state index contributed by atoms with van der Waals surface area (Å²) in [6, 6.07) is 24.7. The minimum Gasteiger partial charge on any atom is -0.489 e. The molecule has 3 rings (SSSR count). The van der Waals surface area contributed by atoms with Crippen LogP contribution in [-0.2, 0) is 18.0 Å². The van der Waals surface area contributed by atoms with E-state index in [-0.39, 0.29) is 5.97 Å². The van der Waals surface area contributed by atoms with E-state index < -0.39 is 0 Å². The van der Waals surface area contributed by atoms with E-state index >= 15 is 0 Å². The van der Waals surface area contributed by atoms with Crippen molar-refractivity contribution < 1.29 is 19.0 Å². The van der Waals surface area contributed by atoms with Gasteiger partial charge in [0.1, 0.15) is 24.7 Å². The first kappa shape index (κ1) is 17.5. The Kier molecular flexibility index (Phi) is 5.88. The first-order valence-corrected chi connectivity index (χ1v) is 8.31. The molecule has 0 aliphatic heterocycles. The van der Waals surface area contributed by atoms with Crippen molar-refractivity contribution in [3.05, 3.63) is 95.6 Å². The molecule has 0 N–H and O–H groups in total. The summed E-state index contributed by atoms with van der Waals surface area (Å²) in [5.74, 6) is 1.02. The van der Waals surface area contributed by atoms with Crippen molar-refractivity contribution in [2.24, 2.45) is 0 Å². The van der Waals surface area contributed by atoms with Gasteiger partial charge in [-0.05, 0) is 41.5 Å². The van der Waals surface area contributed by atoms with E-state index in [0.717, 1.165) is 16.9 Å². The van der Waals surface area contributed by atoms with Gasteiger partial charge in [0.25, 0.3) is 0 Å². The number of hydrogen-bond donors (Lipinski definition) is 0. The highest BCUT2D eigenvalue weighted by molar-refractivity contribution is 5.89. The smallest absolute Gasteiger partial charge is 0.337 e. The lowest BCUT2D eigenvalue weighted by Crippen LogP contribution is -2.02. The van der Waals surface area contributed by atoms with Crippen molar-refractivity contribution in [3.8, 4) is 11.5 Å². The maximum absolute atomic E-state index is 11.6. The Labute approximate surface area is 153 Å². The number of carbonyl (C=O) groups excluding carboxylic acids is 1. The van der Waals surface area contributed by atoms with Crippen LogP contribution in [0.25, 0.3) is 0 Å². The summed E-state index contributed by atoms with van der Waals surface area (Å²) in [6.07, 6.45) is 0. The van der Waals surface area contributed by atoms with Crippen LogP contribution >= 0.6 is 0 Å². The zero-order valence-corrected chi connectivity index (χ0v) is 14.6. The molecule has 3 aromatic rings. The highest BCUT2D eigenvalue weighted by atomic mass is 16.5. The third kappa shape index (κ3) is 4.86. The third-order valence-electron chi connectivity index (χ3n) is 3.81. The Morgan fingerprint density at radius 1 is 0.731 bits per heavy atom. The molecule has 0 spiro atoms. The van der Waals surface area contributed by atoms with E-state index in [1.165, 1.54) is 7.11 Å². The molecule has 132 valence electrons. The van der Waals surface area contributed by atoms with Crippen LogP contribution in [0, 0.1) is 0 Å². The lowest BCUT2D eigenvalue weighted by molar-refractivity contribution is 0.0600. The van der Waals surface area contributed by atoms with Gasteiger partial charge >= 0.3 is 5.97 Å². The predicted octanol–water partition coefficient (Wildman–Crippen LogP) is 4.63. The fourth-order valence-corrected chi connectivity index (χ4v) is 2.46. The molecule has 0 saturated heterocycles. The number of carbonyl (C=O) groups is 1. The molecule has 0 aromatic heterocycles. The highest BCUT2D eigenvalue weighted by Crippen LogP contribution is 2.19. The molecule has 3 aromatic carbocycles. The Morgan fingerprint density at radius 2 is 1.35 bits per heavy atom. The van der Waals surface area contributed by atoms with Crippen LogP contribution in [0.2, 0.25) is 0 Å². The predicted molar refractivity (Wildman–Crippen MR) is 99.3 cm³/mol. The molecule has 26 heavy (non-hydrogen) atoms. The average molecular weight is 348 g/mol. The van der Waals surface area contributed by atoms with Gasteiger partial charge in [0.05, 0.1) is 12.7 Å². The molecule has 0 aliphatic rings. The second-order valence-electron chi connectivity index (χ2n) is 5.73. The SMILES string of the molecule is COC(=O)c1cccc(OCc2cccc(OCc3ccccc3)c2)c1. The Morgan fingerprint density at radius 3 is 2.08 bits per heavy atom. The van der Waals surface area contributed by atoms with Crippen molar-refractivity contribution in [2.75, 3.05) is 7.11 Å². The van der Waals surface area contributed by atoms with Crippen molar-refractivity contribution in [1.82, 2.24) is 0 Å². The number of hydrogen-bond acceptors (Lipinski definition) is 4. The Hall–Kier alpha value is -3.27. The fraction of sp³-hybridized carbons (Fsp3) is 0.136. The van der Waals surface area contributed by atoms with Gasteiger partial charge in [-0.1, -0.05) is 48.5 Å². The summed E-state index contributed by atoms with van der Waals surface area (Å²) < 4.78 is 16.3. The molecule has 0 unspecified atom stereocenters. The molecular weight excluding hydrogens is 328 g/mol. The van der Waals surface area contributed by atoms with Gasteiger partial charge in [-0.15, -0.1) is 0 Å². The van der Waals surface area contributed by atoms with Gasteiger partial charge < -0.3 is 14.2 Å². The fourth-order valence-electron chi connectivity index (χ4n) is 2.46. The zero-order valence-electron chi connectivity index (χ0n) is 14.6. The monoisotopic (exact) mass is 348 g/mol. The van der Waals surface area contributed by atoms with Crippen molar-refractivity contribution in [3.63, 3.8) is 0 Å². The van der Waals surface area contributed by atoms with Crippen LogP contribution in [0.5, 0.6) is 11.5 Å². The summed E-state index contributed by atoms with van der Waals surface area (Å²) in [5, 5.41) is 0. The summed E-state index contributed by atoms with van der Waals surface area (Å²) in [7, 11) is 1.36. The van der Waals surface area contributed by atoms with Crippen LogP contribution in [0.1, 0.15) is 21.5 Å². The van der Waals surface area contributed by atoms with Crippen LogP contribution in [0.3, 0.4) is 0 Å². The quantitative estimate of drug-likeness (QED) is 0.584.